The van der Waals surface area contributed by atoms with E-state index in [0.29, 0.717) is 24.4 Å². The highest BCUT2D eigenvalue weighted by Gasteiger charge is 2.30. The summed E-state index contributed by atoms with van der Waals surface area (Å²) in [5.74, 6) is 1.02. The van der Waals surface area contributed by atoms with E-state index < -0.39 is 0 Å². The average molecular weight is 240 g/mol. The van der Waals surface area contributed by atoms with Gasteiger partial charge in [-0.25, -0.2) is 0 Å². The first-order chi connectivity index (χ1) is 8.10. The minimum Gasteiger partial charge on any atom is -0.339 e. The van der Waals surface area contributed by atoms with Crippen molar-refractivity contribution < 1.29 is 4.79 Å². The molecule has 1 heterocycles. The van der Waals surface area contributed by atoms with Gasteiger partial charge in [0.25, 0.3) is 0 Å². The fourth-order valence-corrected chi connectivity index (χ4v) is 2.60. The molecule has 17 heavy (non-hydrogen) atoms. The highest BCUT2D eigenvalue weighted by atomic mass is 16.2. The van der Waals surface area contributed by atoms with E-state index in [1.165, 1.54) is 12.8 Å². The van der Waals surface area contributed by atoms with E-state index in [-0.39, 0.29) is 5.92 Å². The number of hydrogen-bond donors (Lipinski definition) is 1. The Morgan fingerprint density at radius 3 is 2.76 bits per heavy atom. The monoisotopic (exact) mass is 240 g/mol. The van der Waals surface area contributed by atoms with Crippen LogP contribution in [0.25, 0.3) is 0 Å². The van der Waals surface area contributed by atoms with Gasteiger partial charge < -0.3 is 10.6 Å². The summed E-state index contributed by atoms with van der Waals surface area (Å²) in [5, 5.41) is 0. The number of piperidine rings is 1. The standard InChI is InChI=1S/C14H28N2O/c1-4-5-6-11(2)14(17)16-10-13(9-15)8-7-12(16)3/h11-13H,4-10,15H2,1-3H3. The number of amides is 1. The summed E-state index contributed by atoms with van der Waals surface area (Å²) in [7, 11) is 0. The molecular weight excluding hydrogens is 212 g/mol. The van der Waals surface area contributed by atoms with Crippen molar-refractivity contribution in [3.05, 3.63) is 0 Å². The molecule has 1 saturated heterocycles. The largest absolute Gasteiger partial charge is 0.339 e. The lowest BCUT2D eigenvalue weighted by molar-refractivity contribution is -0.139. The molecule has 1 fully saturated rings. The fraction of sp³-hybridized carbons (Fsp3) is 0.929. The summed E-state index contributed by atoms with van der Waals surface area (Å²) < 4.78 is 0. The van der Waals surface area contributed by atoms with Crippen LogP contribution in [0.3, 0.4) is 0 Å². The maximum Gasteiger partial charge on any atom is 0.225 e. The molecule has 0 radical (unpaired) electrons. The van der Waals surface area contributed by atoms with Gasteiger partial charge in [-0.3, -0.25) is 4.79 Å². The Balaban J connectivity index is 2.53. The van der Waals surface area contributed by atoms with E-state index in [1.54, 1.807) is 0 Å². The molecule has 1 aliphatic heterocycles. The van der Waals surface area contributed by atoms with Gasteiger partial charge in [-0.1, -0.05) is 26.7 Å². The highest BCUT2D eigenvalue weighted by molar-refractivity contribution is 5.78. The van der Waals surface area contributed by atoms with E-state index in [4.69, 9.17) is 5.73 Å². The van der Waals surface area contributed by atoms with Crippen molar-refractivity contribution in [3.63, 3.8) is 0 Å². The smallest absolute Gasteiger partial charge is 0.225 e. The molecule has 2 N–H and O–H groups in total. The zero-order valence-electron chi connectivity index (χ0n) is 11.6. The second-order valence-electron chi connectivity index (χ2n) is 5.56. The predicted molar refractivity (Wildman–Crippen MR) is 71.6 cm³/mol. The Morgan fingerprint density at radius 2 is 2.18 bits per heavy atom. The zero-order valence-corrected chi connectivity index (χ0v) is 11.6. The molecule has 3 heteroatoms. The molecule has 0 aliphatic carbocycles. The lowest BCUT2D eigenvalue weighted by atomic mass is 9.91. The maximum absolute atomic E-state index is 12.4. The molecule has 1 aliphatic rings. The molecule has 0 saturated carbocycles. The predicted octanol–water partition coefficient (Wildman–Crippen LogP) is 2.40. The van der Waals surface area contributed by atoms with E-state index in [2.05, 4.69) is 25.7 Å². The van der Waals surface area contributed by atoms with Crippen molar-refractivity contribution >= 4 is 5.91 Å². The number of nitrogens with two attached hydrogens (primary N) is 1. The van der Waals surface area contributed by atoms with Gasteiger partial charge in [0.1, 0.15) is 0 Å². The van der Waals surface area contributed by atoms with E-state index in [9.17, 15) is 4.79 Å². The zero-order chi connectivity index (χ0) is 12.8. The maximum atomic E-state index is 12.4. The van der Waals surface area contributed by atoms with Gasteiger partial charge in [0.2, 0.25) is 5.91 Å². The molecule has 0 aromatic heterocycles. The first kappa shape index (κ1) is 14.5. The molecule has 1 amide bonds. The highest BCUT2D eigenvalue weighted by Crippen LogP contribution is 2.24. The number of hydrogen-bond acceptors (Lipinski definition) is 2. The summed E-state index contributed by atoms with van der Waals surface area (Å²) in [6, 6.07) is 0.398. The molecule has 0 bridgehead atoms. The topological polar surface area (TPSA) is 46.3 Å². The Kier molecular flexibility index (Phi) is 5.96. The van der Waals surface area contributed by atoms with Crippen LogP contribution in [-0.4, -0.2) is 29.9 Å². The Labute approximate surface area is 106 Å². The molecule has 3 atom stereocenters. The van der Waals surface area contributed by atoms with Gasteiger partial charge in [0.05, 0.1) is 0 Å². The molecule has 0 aromatic carbocycles. The number of carbonyl (C=O) groups excluding carboxylic acids is 1. The van der Waals surface area contributed by atoms with Crippen LogP contribution in [0.15, 0.2) is 0 Å². The summed E-state index contributed by atoms with van der Waals surface area (Å²) in [6.45, 7) is 7.98. The Hall–Kier alpha value is -0.570. The van der Waals surface area contributed by atoms with Crippen LogP contribution in [0.5, 0.6) is 0 Å². The van der Waals surface area contributed by atoms with E-state index in [0.717, 1.165) is 25.8 Å². The van der Waals surface area contributed by atoms with Gasteiger partial charge in [0, 0.05) is 18.5 Å². The summed E-state index contributed by atoms with van der Waals surface area (Å²) in [6.07, 6.45) is 5.61. The van der Waals surface area contributed by atoms with Gasteiger partial charge in [-0.05, 0) is 38.6 Å². The van der Waals surface area contributed by atoms with Crippen LogP contribution < -0.4 is 5.73 Å². The van der Waals surface area contributed by atoms with Crippen molar-refractivity contribution in [3.8, 4) is 0 Å². The van der Waals surface area contributed by atoms with Crippen LogP contribution in [-0.2, 0) is 4.79 Å². The first-order valence-corrected chi connectivity index (χ1v) is 7.10. The van der Waals surface area contributed by atoms with Crippen molar-refractivity contribution in [1.29, 1.82) is 0 Å². The van der Waals surface area contributed by atoms with Gasteiger partial charge in [0.15, 0.2) is 0 Å². The fourth-order valence-electron chi connectivity index (χ4n) is 2.60. The number of nitrogens with zero attached hydrogens (tertiary/aromatic N) is 1. The quantitative estimate of drug-likeness (QED) is 0.802. The third-order valence-corrected chi connectivity index (χ3v) is 4.01. The Morgan fingerprint density at radius 1 is 1.47 bits per heavy atom. The van der Waals surface area contributed by atoms with E-state index >= 15 is 0 Å². The van der Waals surface area contributed by atoms with Crippen LogP contribution >= 0.6 is 0 Å². The molecule has 3 unspecified atom stereocenters. The Bertz CT molecular complexity index is 242. The lowest BCUT2D eigenvalue weighted by Gasteiger charge is -2.39. The second kappa shape index (κ2) is 7.00. The summed E-state index contributed by atoms with van der Waals surface area (Å²) in [5.41, 5.74) is 5.73. The van der Waals surface area contributed by atoms with E-state index in [1.807, 2.05) is 0 Å². The SMILES string of the molecule is CCCCC(C)C(=O)N1CC(CN)CCC1C. The summed E-state index contributed by atoms with van der Waals surface area (Å²) in [4.78, 5) is 14.4. The normalized spacial score (nSPS) is 26.9. The van der Waals surface area contributed by atoms with Crippen molar-refractivity contribution in [1.82, 2.24) is 4.90 Å². The molecule has 100 valence electrons. The van der Waals surface area contributed by atoms with Gasteiger partial charge >= 0.3 is 0 Å². The van der Waals surface area contributed by atoms with Gasteiger partial charge in [-0.2, -0.15) is 0 Å². The second-order valence-corrected chi connectivity index (χ2v) is 5.56. The number of unbranched alkanes of at least 4 members (excludes halogenated alkanes) is 1. The van der Waals surface area contributed by atoms with Crippen LogP contribution in [0.4, 0.5) is 0 Å². The molecule has 0 spiro atoms. The van der Waals surface area contributed by atoms with Crippen LogP contribution in [0.2, 0.25) is 0 Å². The average Bonchev–Trinajstić information content (AvgIpc) is 2.35. The van der Waals surface area contributed by atoms with Crippen molar-refractivity contribution in [2.75, 3.05) is 13.1 Å². The van der Waals surface area contributed by atoms with Gasteiger partial charge in [-0.15, -0.1) is 0 Å². The minimum atomic E-state index is 0.175. The molecule has 0 aromatic rings. The third kappa shape index (κ3) is 3.98. The summed E-state index contributed by atoms with van der Waals surface area (Å²) >= 11 is 0. The minimum absolute atomic E-state index is 0.175. The lowest BCUT2D eigenvalue weighted by Crippen LogP contribution is -2.48. The van der Waals surface area contributed by atoms with Crippen molar-refractivity contribution in [2.45, 2.75) is 58.9 Å². The van der Waals surface area contributed by atoms with Crippen LogP contribution in [0.1, 0.15) is 52.9 Å². The van der Waals surface area contributed by atoms with Crippen molar-refractivity contribution in [2.24, 2.45) is 17.6 Å². The molecule has 1 rings (SSSR count). The third-order valence-electron chi connectivity index (χ3n) is 4.01. The molecular formula is C14H28N2O. The number of rotatable bonds is 5. The number of carbonyl (C=O) groups is 1. The van der Waals surface area contributed by atoms with Crippen LogP contribution in [0, 0.1) is 11.8 Å². The first-order valence-electron chi connectivity index (χ1n) is 7.10. The number of likely N-dealkylation sites (tertiary alicyclic amines) is 1. The molecule has 3 nitrogen and oxygen atoms in total.